The zero-order chi connectivity index (χ0) is 31.6. The molecule has 0 unspecified atom stereocenters. The molecule has 2 heterocycles. The summed E-state index contributed by atoms with van der Waals surface area (Å²) in [6.07, 6.45) is 7.16. The summed E-state index contributed by atoms with van der Waals surface area (Å²) in [6, 6.07) is 7.77. The number of hydrogen-bond donors (Lipinski definition) is 3. The van der Waals surface area contributed by atoms with Gasteiger partial charge in [0, 0.05) is 18.2 Å². The Morgan fingerprint density at radius 2 is 1.80 bits per heavy atom. The van der Waals surface area contributed by atoms with Gasteiger partial charge in [0.05, 0.1) is 23.8 Å². The molecule has 2 aromatic rings. The minimum atomic E-state index is -1.06. The maximum absolute atomic E-state index is 13.9. The van der Waals surface area contributed by atoms with Crippen LogP contribution < -0.4 is 16.0 Å². The molecule has 4 fully saturated rings. The molecule has 6 atom stereocenters. The molecule has 10 nitrogen and oxygen atoms in total. The maximum Gasteiger partial charge on any atom is 0.481 e. The van der Waals surface area contributed by atoms with Gasteiger partial charge < -0.3 is 29.8 Å². The summed E-state index contributed by atoms with van der Waals surface area (Å²) in [7, 11) is -0.609. The minimum absolute atomic E-state index is 0.0146. The number of unbranched alkanes of at least 4 members (excludes halogenated alkanes) is 1. The largest absolute Gasteiger partial charge is 0.481 e. The van der Waals surface area contributed by atoms with Crippen molar-refractivity contribution in [3.05, 3.63) is 53.4 Å². The van der Waals surface area contributed by atoms with E-state index in [1.807, 2.05) is 12.1 Å². The molecule has 1 saturated heterocycles. The van der Waals surface area contributed by atoms with Gasteiger partial charge in [-0.25, -0.2) is 0 Å². The first-order valence-corrected chi connectivity index (χ1v) is 16.1. The number of aromatic nitrogens is 1. The highest BCUT2D eigenvalue weighted by Crippen LogP contribution is 2.65. The van der Waals surface area contributed by atoms with Gasteiger partial charge in [0.2, 0.25) is 11.7 Å². The van der Waals surface area contributed by atoms with Crippen molar-refractivity contribution in [1.82, 2.24) is 21.1 Å². The van der Waals surface area contributed by atoms with Crippen molar-refractivity contribution >= 4 is 24.8 Å². The van der Waals surface area contributed by atoms with E-state index in [1.165, 1.54) is 12.3 Å². The third-order valence-corrected chi connectivity index (χ3v) is 10.1. The fraction of sp³-hybridized carbons (Fsp3) is 0.636. The quantitative estimate of drug-likeness (QED) is 0.289. The molecule has 3 saturated carbocycles. The summed E-state index contributed by atoms with van der Waals surface area (Å²) >= 11 is 0. The predicted octanol–water partition coefficient (Wildman–Crippen LogP) is 4.34. The van der Waals surface area contributed by atoms with Crippen LogP contribution in [0.25, 0.3) is 0 Å². The highest BCUT2D eigenvalue weighted by molar-refractivity contribution is 6.48. The van der Waals surface area contributed by atoms with E-state index < -0.39 is 42.4 Å². The lowest BCUT2D eigenvalue weighted by molar-refractivity contribution is -0.199. The van der Waals surface area contributed by atoms with E-state index in [4.69, 9.17) is 13.8 Å². The highest BCUT2D eigenvalue weighted by atomic mass is 16.7. The summed E-state index contributed by atoms with van der Waals surface area (Å²) in [6.45, 7) is 13.0. The summed E-state index contributed by atoms with van der Waals surface area (Å²) < 4.78 is 18.2. The number of benzene rings is 1. The fourth-order valence-electron chi connectivity index (χ4n) is 7.37. The Hall–Kier alpha value is -3.18. The number of nitrogens with zero attached hydrogens (tertiary/aromatic N) is 1. The highest BCUT2D eigenvalue weighted by Gasteiger charge is 2.68. The molecule has 238 valence electrons. The number of carbonyl (C=O) groups excluding carboxylic acids is 3. The lowest BCUT2D eigenvalue weighted by Crippen LogP contribution is -2.65. The number of amides is 3. The second-order valence-corrected chi connectivity index (χ2v) is 14.0. The standard InChI is InChI=1S/C33H47BN4O6/c1-7-8-9-21-10-12-22(13-11-21)29(39)37-24(19-35-31(41)25-14-15-36-43-25)30(40)38-28(16-20(2)3)34-42-27-18-23-17-26(32(23,4)5)33(27,6)44-34/h10-15,20,23-24,26-28H,7-9,16-19H2,1-6H3,(H,35,41)(H,37,39)(H,38,40)/t23-,24+,26-,27-,28+,33+/m1/s1. The molecule has 0 spiro atoms. The summed E-state index contributed by atoms with van der Waals surface area (Å²) in [5.41, 5.74) is 1.38. The van der Waals surface area contributed by atoms with Crippen molar-refractivity contribution in [3.8, 4) is 0 Å². The van der Waals surface area contributed by atoms with Crippen LogP contribution in [0.4, 0.5) is 0 Å². The monoisotopic (exact) mass is 606 g/mol. The lowest BCUT2D eigenvalue weighted by atomic mass is 9.43. The van der Waals surface area contributed by atoms with Crippen LogP contribution in [0.2, 0.25) is 0 Å². The van der Waals surface area contributed by atoms with Crippen molar-refractivity contribution in [2.75, 3.05) is 6.54 Å². The number of rotatable bonds is 13. The van der Waals surface area contributed by atoms with Crippen LogP contribution in [-0.4, -0.2) is 60.2 Å². The van der Waals surface area contributed by atoms with Crippen LogP contribution in [-0.2, 0) is 20.5 Å². The minimum Gasteiger partial charge on any atom is -0.404 e. The smallest absolute Gasteiger partial charge is 0.404 e. The number of nitrogens with one attached hydrogen (secondary N) is 3. The molecule has 4 aliphatic rings. The van der Waals surface area contributed by atoms with E-state index in [0.29, 0.717) is 23.8 Å². The van der Waals surface area contributed by atoms with Gasteiger partial charge in [0.1, 0.15) is 6.04 Å². The maximum atomic E-state index is 13.9. The van der Waals surface area contributed by atoms with Crippen molar-refractivity contribution in [2.45, 2.75) is 104 Å². The third kappa shape index (κ3) is 6.59. The molecule has 3 aliphatic carbocycles. The van der Waals surface area contributed by atoms with Gasteiger partial charge in [0.25, 0.3) is 11.8 Å². The van der Waals surface area contributed by atoms with Crippen molar-refractivity contribution in [1.29, 1.82) is 0 Å². The molecule has 1 aliphatic heterocycles. The van der Waals surface area contributed by atoms with E-state index >= 15 is 0 Å². The van der Waals surface area contributed by atoms with E-state index in [2.05, 4.69) is 62.6 Å². The van der Waals surface area contributed by atoms with Gasteiger partial charge in [-0.2, -0.15) is 0 Å². The Labute approximate surface area is 260 Å². The first-order valence-electron chi connectivity index (χ1n) is 16.1. The normalized spacial score (nSPS) is 26.3. The Balaban J connectivity index is 1.30. The molecule has 3 amide bonds. The predicted molar refractivity (Wildman–Crippen MR) is 167 cm³/mol. The van der Waals surface area contributed by atoms with Gasteiger partial charge >= 0.3 is 7.12 Å². The molecule has 44 heavy (non-hydrogen) atoms. The van der Waals surface area contributed by atoms with Crippen LogP contribution in [0.1, 0.15) is 100 Å². The zero-order valence-electron chi connectivity index (χ0n) is 26.9. The molecular formula is C33H47BN4O6. The topological polar surface area (TPSA) is 132 Å². The second-order valence-electron chi connectivity index (χ2n) is 14.0. The summed E-state index contributed by atoms with van der Waals surface area (Å²) in [5, 5.41) is 12.2. The number of carbonyl (C=O) groups is 3. The molecule has 1 aromatic carbocycles. The van der Waals surface area contributed by atoms with Gasteiger partial charge in [0.15, 0.2) is 0 Å². The first-order chi connectivity index (χ1) is 20.9. The fourth-order valence-corrected chi connectivity index (χ4v) is 7.37. The van der Waals surface area contributed by atoms with Gasteiger partial charge in [-0.15, -0.1) is 0 Å². The van der Waals surface area contributed by atoms with Gasteiger partial charge in [-0.05, 0) is 79.9 Å². The Bertz CT molecular complexity index is 1320. The van der Waals surface area contributed by atoms with E-state index in [1.54, 1.807) is 12.1 Å². The SMILES string of the molecule is CCCCc1ccc(C(=O)N[C@@H](CNC(=O)c2ccno2)C(=O)N[C@@H](CC(C)C)B2O[C@@H]3C[C@H]4C[C@H](C4(C)C)[C@]3(C)O2)cc1. The van der Waals surface area contributed by atoms with Crippen molar-refractivity contribution in [2.24, 2.45) is 23.2 Å². The van der Waals surface area contributed by atoms with Gasteiger partial charge in [-0.3, -0.25) is 14.4 Å². The lowest BCUT2D eigenvalue weighted by Gasteiger charge is -2.64. The molecule has 6 rings (SSSR count). The zero-order valence-corrected chi connectivity index (χ0v) is 26.9. The van der Waals surface area contributed by atoms with Crippen molar-refractivity contribution < 1.29 is 28.2 Å². The molecule has 2 bridgehead atoms. The summed E-state index contributed by atoms with van der Waals surface area (Å²) in [5.74, 6) is -0.541. The first kappa shape index (κ1) is 32.2. The van der Waals surface area contributed by atoms with E-state index in [0.717, 1.165) is 37.7 Å². The van der Waals surface area contributed by atoms with Crippen LogP contribution >= 0.6 is 0 Å². The van der Waals surface area contributed by atoms with Crippen molar-refractivity contribution in [3.63, 3.8) is 0 Å². The Morgan fingerprint density at radius 1 is 1.05 bits per heavy atom. The van der Waals surface area contributed by atoms with Crippen LogP contribution in [0.3, 0.4) is 0 Å². The average Bonchev–Trinajstić information content (AvgIpc) is 3.65. The van der Waals surface area contributed by atoms with Crippen LogP contribution in [0.5, 0.6) is 0 Å². The van der Waals surface area contributed by atoms with Crippen LogP contribution in [0, 0.1) is 23.2 Å². The molecule has 1 aromatic heterocycles. The molecule has 3 N–H and O–H groups in total. The molecular weight excluding hydrogens is 559 g/mol. The number of aryl methyl sites for hydroxylation is 1. The van der Waals surface area contributed by atoms with E-state index in [-0.39, 0.29) is 29.7 Å². The average molecular weight is 607 g/mol. The third-order valence-electron chi connectivity index (χ3n) is 10.1. The molecule has 0 radical (unpaired) electrons. The van der Waals surface area contributed by atoms with Gasteiger partial charge in [-0.1, -0.05) is 58.3 Å². The Kier molecular flexibility index (Phi) is 9.56. The summed E-state index contributed by atoms with van der Waals surface area (Å²) in [4.78, 5) is 39.8. The Morgan fingerprint density at radius 3 is 2.43 bits per heavy atom. The van der Waals surface area contributed by atoms with E-state index in [9.17, 15) is 14.4 Å². The van der Waals surface area contributed by atoms with Crippen LogP contribution in [0.15, 0.2) is 41.1 Å². The second kappa shape index (κ2) is 13.0. The number of hydrogen-bond acceptors (Lipinski definition) is 7. The molecule has 11 heteroatoms.